The number of rotatable bonds is 8. The van der Waals surface area contributed by atoms with Crippen LogP contribution < -0.4 is 10.6 Å². The van der Waals surface area contributed by atoms with Crippen LogP contribution in [0.2, 0.25) is 0 Å². The summed E-state index contributed by atoms with van der Waals surface area (Å²) in [6.07, 6.45) is 5.37. The first-order chi connectivity index (χ1) is 18.5. The molecule has 5 rings (SSSR count). The highest BCUT2D eigenvalue weighted by atomic mass is 32.2. The molecule has 1 atom stereocenters. The molecule has 0 spiro atoms. The van der Waals surface area contributed by atoms with Gasteiger partial charge in [-0.15, -0.1) is 23.1 Å². The lowest BCUT2D eigenvalue weighted by atomic mass is 9.88. The summed E-state index contributed by atoms with van der Waals surface area (Å²) in [7, 11) is 0. The largest absolute Gasteiger partial charge is 0.326 e. The van der Waals surface area contributed by atoms with Crippen LogP contribution in [0.5, 0.6) is 0 Å². The van der Waals surface area contributed by atoms with Crippen molar-refractivity contribution in [3.63, 3.8) is 0 Å². The molecule has 1 aliphatic carbocycles. The number of thiazole rings is 1. The topological polar surface area (TPSA) is 71.1 Å². The van der Waals surface area contributed by atoms with Crippen LogP contribution >= 0.6 is 23.1 Å². The Morgan fingerprint density at radius 1 is 0.921 bits per heavy atom. The van der Waals surface area contributed by atoms with Crippen molar-refractivity contribution in [2.24, 2.45) is 5.92 Å². The van der Waals surface area contributed by atoms with E-state index >= 15 is 0 Å². The maximum atomic E-state index is 13.5. The maximum absolute atomic E-state index is 13.5. The smallest absolute Gasteiger partial charge is 0.244 e. The lowest BCUT2D eigenvalue weighted by molar-refractivity contribution is -0.120. The number of thioether (sulfide) groups is 1. The molecule has 1 saturated carbocycles. The Morgan fingerprint density at radius 3 is 2.45 bits per heavy atom. The zero-order valence-electron chi connectivity index (χ0n) is 21.4. The van der Waals surface area contributed by atoms with Crippen LogP contribution in [0.4, 0.5) is 10.8 Å². The Morgan fingerprint density at radius 2 is 1.68 bits per heavy atom. The number of carbonyl (C=O) groups excluding carboxylic acids is 2. The molecule has 1 unspecified atom stereocenters. The van der Waals surface area contributed by atoms with E-state index in [9.17, 15) is 9.59 Å². The Balaban J connectivity index is 1.31. The molecule has 0 bridgehead atoms. The molecule has 0 radical (unpaired) electrons. The third-order valence-electron chi connectivity index (χ3n) is 6.75. The third-order valence-corrected chi connectivity index (χ3v) is 8.76. The van der Waals surface area contributed by atoms with Crippen LogP contribution in [0.25, 0.3) is 11.3 Å². The second-order valence-electron chi connectivity index (χ2n) is 9.65. The van der Waals surface area contributed by atoms with E-state index in [0.29, 0.717) is 5.13 Å². The van der Waals surface area contributed by atoms with Crippen molar-refractivity contribution in [3.05, 3.63) is 95.4 Å². The van der Waals surface area contributed by atoms with Gasteiger partial charge in [0.25, 0.3) is 0 Å². The monoisotopic (exact) mass is 541 g/mol. The van der Waals surface area contributed by atoms with Crippen molar-refractivity contribution in [1.82, 2.24) is 4.98 Å². The number of anilines is 2. The Hall–Kier alpha value is -3.42. The van der Waals surface area contributed by atoms with E-state index in [0.717, 1.165) is 53.1 Å². The molecule has 1 fully saturated rings. The van der Waals surface area contributed by atoms with Crippen LogP contribution in [0.1, 0.15) is 48.5 Å². The predicted molar refractivity (Wildman–Crippen MR) is 158 cm³/mol. The molecule has 2 N–H and O–H groups in total. The average molecular weight is 542 g/mol. The van der Waals surface area contributed by atoms with Gasteiger partial charge in [0, 0.05) is 27.4 Å². The van der Waals surface area contributed by atoms with Gasteiger partial charge in [0.1, 0.15) is 5.25 Å². The van der Waals surface area contributed by atoms with Gasteiger partial charge in [-0.1, -0.05) is 85.5 Å². The number of nitrogens with one attached hydrogen (secondary N) is 2. The zero-order chi connectivity index (χ0) is 26.3. The Bertz CT molecular complexity index is 1380. The standard InChI is InChI=1S/C31H31N3O2S2/c1-21-15-17-22(18-16-21)27-20-37-31(33-27)34-30(36)28(23-9-4-2-5-10-23)38-26-14-8-13-25(19-26)32-29(35)24-11-6-3-7-12-24/h2,4-5,8-10,13-20,24,28H,3,6-7,11-12H2,1H3,(H,32,35)(H,33,34,36). The normalized spacial score (nSPS) is 14.6. The highest BCUT2D eigenvalue weighted by Gasteiger charge is 2.24. The zero-order valence-corrected chi connectivity index (χ0v) is 23.0. The second kappa shape index (κ2) is 12.4. The molecule has 38 heavy (non-hydrogen) atoms. The van der Waals surface area contributed by atoms with Crippen LogP contribution in [0, 0.1) is 12.8 Å². The molecular formula is C31H31N3O2S2. The quantitative estimate of drug-likeness (QED) is 0.221. The van der Waals surface area contributed by atoms with Crippen LogP contribution in [0.15, 0.2) is 89.1 Å². The van der Waals surface area contributed by atoms with Crippen molar-refractivity contribution >= 4 is 45.7 Å². The molecule has 4 aromatic rings. The van der Waals surface area contributed by atoms with E-state index in [1.54, 1.807) is 0 Å². The summed E-state index contributed by atoms with van der Waals surface area (Å²) in [4.78, 5) is 31.9. The number of aromatic nitrogens is 1. The van der Waals surface area contributed by atoms with Crippen molar-refractivity contribution < 1.29 is 9.59 Å². The minimum atomic E-state index is -0.479. The van der Waals surface area contributed by atoms with Crippen molar-refractivity contribution in [1.29, 1.82) is 0 Å². The minimum Gasteiger partial charge on any atom is -0.326 e. The molecule has 3 aromatic carbocycles. The van der Waals surface area contributed by atoms with Gasteiger partial charge in [0.05, 0.1) is 5.69 Å². The van der Waals surface area contributed by atoms with Crippen molar-refractivity contribution in [3.8, 4) is 11.3 Å². The summed E-state index contributed by atoms with van der Waals surface area (Å²) >= 11 is 2.88. The molecule has 1 aliphatic rings. The first-order valence-corrected chi connectivity index (χ1v) is 14.8. The van der Waals surface area contributed by atoms with E-state index in [1.807, 2.05) is 72.1 Å². The number of amides is 2. The molecular weight excluding hydrogens is 510 g/mol. The molecule has 194 valence electrons. The highest BCUT2D eigenvalue weighted by Crippen LogP contribution is 2.38. The lowest BCUT2D eigenvalue weighted by Gasteiger charge is -2.21. The molecule has 1 heterocycles. The number of benzene rings is 3. The molecule has 1 aromatic heterocycles. The number of nitrogens with zero attached hydrogens (tertiary/aromatic N) is 1. The predicted octanol–water partition coefficient (Wildman–Crippen LogP) is 8.11. The number of carbonyl (C=O) groups is 2. The third kappa shape index (κ3) is 6.71. The first kappa shape index (κ1) is 26.2. The van der Waals surface area contributed by atoms with E-state index in [2.05, 4.69) is 34.7 Å². The fraction of sp³-hybridized carbons (Fsp3) is 0.258. The summed E-state index contributed by atoms with van der Waals surface area (Å²) in [6.45, 7) is 2.05. The van der Waals surface area contributed by atoms with E-state index in [4.69, 9.17) is 0 Å². The van der Waals surface area contributed by atoms with Gasteiger partial charge < -0.3 is 10.6 Å². The Kier molecular flexibility index (Phi) is 8.56. The van der Waals surface area contributed by atoms with Crippen molar-refractivity contribution in [2.45, 2.75) is 49.2 Å². The van der Waals surface area contributed by atoms with Crippen molar-refractivity contribution in [2.75, 3.05) is 10.6 Å². The fourth-order valence-electron chi connectivity index (χ4n) is 4.65. The summed E-state index contributed by atoms with van der Waals surface area (Å²) in [5, 5.41) is 8.18. The van der Waals surface area contributed by atoms with Crippen LogP contribution in [-0.4, -0.2) is 16.8 Å². The van der Waals surface area contributed by atoms with Crippen LogP contribution in [0.3, 0.4) is 0 Å². The van der Waals surface area contributed by atoms with E-state index in [1.165, 1.54) is 35.1 Å². The molecule has 5 nitrogen and oxygen atoms in total. The summed E-state index contributed by atoms with van der Waals surface area (Å²) in [5.74, 6) is 0.0472. The SMILES string of the molecule is Cc1ccc(-c2csc(NC(=O)C(Sc3cccc(NC(=O)C4CCCCC4)c3)c3ccccc3)n2)cc1. The fourth-order valence-corrected chi connectivity index (χ4v) is 6.46. The average Bonchev–Trinajstić information content (AvgIpc) is 3.41. The number of hydrogen-bond donors (Lipinski definition) is 2. The lowest BCUT2D eigenvalue weighted by Crippen LogP contribution is -2.24. The van der Waals surface area contributed by atoms with Gasteiger partial charge in [-0.25, -0.2) is 4.98 Å². The molecule has 2 amide bonds. The van der Waals surface area contributed by atoms with Gasteiger partial charge in [0.15, 0.2) is 5.13 Å². The van der Waals surface area contributed by atoms with Gasteiger partial charge in [0.2, 0.25) is 11.8 Å². The minimum absolute atomic E-state index is 0.0889. The van der Waals surface area contributed by atoms with Gasteiger partial charge in [-0.05, 0) is 43.5 Å². The van der Waals surface area contributed by atoms with E-state index < -0.39 is 5.25 Å². The molecule has 0 aliphatic heterocycles. The van der Waals surface area contributed by atoms with E-state index in [-0.39, 0.29) is 17.7 Å². The summed E-state index contributed by atoms with van der Waals surface area (Å²) < 4.78 is 0. The second-order valence-corrected chi connectivity index (χ2v) is 11.7. The van der Waals surface area contributed by atoms with Gasteiger partial charge in [-0.2, -0.15) is 0 Å². The summed E-state index contributed by atoms with van der Waals surface area (Å²) in [5.41, 5.74) is 4.73. The molecule has 0 saturated heterocycles. The Labute approximate surface area is 232 Å². The van der Waals surface area contributed by atoms with Gasteiger partial charge >= 0.3 is 0 Å². The maximum Gasteiger partial charge on any atom is 0.244 e. The number of aryl methyl sites for hydroxylation is 1. The highest BCUT2D eigenvalue weighted by molar-refractivity contribution is 8.00. The number of hydrogen-bond acceptors (Lipinski definition) is 5. The van der Waals surface area contributed by atoms with Crippen LogP contribution in [-0.2, 0) is 9.59 Å². The first-order valence-electron chi connectivity index (χ1n) is 13.0. The van der Waals surface area contributed by atoms with Gasteiger partial charge in [-0.3, -0.25) is 9.59 Å². The molecule has 7 heteroatoms. The summed E-state index contributed by atoms with van der Waals surface area (Å²) in [6, 6.07) is 25.7.